The Morgan fingerprint density at radius 1 is 0.868 bits per heavy atom. The fourth-order valence-corrected chi connectivity index (χ4v) is 4.89. The minimum atomic E-state index is -0.206. The van der Waals surface area contributed by atoms with Gasteiger partial charge in [-0.25, -0.2) is 4.58 Å². The molecule has 0 N–H and O–H groups in total. The zero-order valence-corrected chi connectivity index (χ0v) is 22.1. The zero-order chi connectivity index (χ0) is 26.5. The van der Waals surface area contributed by atoms with E-state index >= 15 is 0 Å². The number of rotatable bonds is 8. The average molecular weight is 504 g/mol. The number of hydrogen-bond acceptors (Lipinski definition) is 3. The van der Waals surface area contributed by atoms with Crippen molar-refractivity contribution in [3.63, 3.8) is 0 Å². The van der Waals surface area contributed by atoms with E-state index in [-0.39, 0.29) is 22.7 Å². The van der Waals surface area contributed by atoms with Gasteiger partial charge in [-0.1, -0.05) is 81.0 Å². The molecule has 4 heteroatoms. The van der Waals surface area contributed by atoms with Crippen molar-refractivity contribution in [3.05, 3.63) is 125 Å². The van der Waals surface area contributed by atoms with Gasteiger partial charge in [-0.2, -0.15) is 0 Å². The molecule has 0 radical (unpaired) electrons. The first-order valence-electron chi connectivity index (χ1n) is 13.6. The highest BCUT2D eigenvalue weighted by atomic mass is 16.5. The van der Waals surface area contributed by atoms with Crippen molar-refractivity contribution in [1.29, 1.82) is 0 Å². The van der Waals surface area contributed by atoms with E-state index in [1.165, 1.54) is 0 Å². The standard InChI is InChI=1S/C34H33NO3/c1-3-5-20-35(21-6-4-2)27-18-16-25(17-19-27)32-33(36)29(34(32)37)22-26-23-31(24-12-8-7-9-13-24)38-30-15-11-10-14-28(26)30/h7-19,22-23H,3-6,20-21H2,1-2H3/b26-22+. The minimum absolute atomic E-state index is 0.206. The Balaban J connectivity index is 1.47. The quantitative estimate of drug-likeness (QED) is 0.319. The van der Waals surface area contributed by atoms with E-state index in [0.717, 1.165) is 61.2 Å². The molecule has 0 bridgehead atoms. The molecule has 1 aliphatic heterocycles. The number of para-hydroxylation sites is 1. The van der Waals surface area contributed by atoms with Crippen LogP contribution in [0.1, 0.15) is 50.7 Å². The highest BCUT2D eigenvalue weighted by Gasteiger charge is 2.29. The highest BCUT2D eigenvalue weighted by molar-refractivity contribution is 6.23. The topological polar surface area (TPSA) is 52.4 Å². The van der Waals surface area contributed by atoms with Crippen LogP contribution in [0.15, 0.2) is 114 Å². The molecular formula is C34H33NO3. The third-order valence-electron chi connectivity index (χ3n) is 7.09. The summed E-state index contributed by atoms with van der Waals surface area (Å²) in [6.45, 7) is 6.43. The Morgan fingerprint density at radius 2 is 1.53 bits per heavy atom. The summed E-state index contributed by atoms with van der Waals surface area (Å²) in [7, 11) is 0. The molecule has 0 spiro atoms. The third kappa shape index (κ3) is 5.12. The number of Topliss-reactive ketones (excluding diaryl/α,β-unsaturated/α-hetero) is 1. The summed E-state index contributed by atoms with van der Waals surface area (Å²) in [6.07, 6.45) is 16.1. The maximum atomic E-state index is 13.2. The molecule has 2 aromatic rings. The molecule has 192 valence electrons. The number of ketones is 1. The van der Waals surface area contributed by atoms with E-state index in [4.69, 9.17) is 4.74 Å². The first kappa shape index (κ1) is 25.5. The monoisotopic (exact) mass is 503 g/mol. The number of fused-ring (bicyclic) bond motifs is 1. The van der Waals surface area contributed by atoms with Crippen LogP contribution in [0.3, 0.4) is 0 Å². The molecule has 0 unspecified atom stereocenters. The summed E-state index contributed by atoms with van der Waals surface area (Å²) in [6, 6.07) is 17.5. The summed E-state index contributed by atoms with van der Waals surface area (Å²) < 4.78 is 8.53. The van der Waals surface area contributed by atoms with Crippen molar-refractivity contribution in [2.45, 2.75) is 39.5 Å². The summed E-state index contributed by atoms with van der Waals surface area (Å²) >= 11 is 0. The zero-order valence-electron chi connectivity index (χ0n) is 22.1. The molecule has 3 aliphatic rings. The molecular weight excluding hydrogens is 470 g/mol. The van der Waals surface area contributed by atoms with Gasteiger partial charge < -0.3 is 9.84 Å². The van der Waals surface area contributed by atoms with Gasteiger partial charge in [0, 0.05) is 47.3 Å². The van der Waals surface area contributed by atoms with E-state index < -0.39 is 0 Å². The van der Waals surface area contributed by atoms with Gasteiger partial charge in [0.15, 0.2) is 11.5 Å². The summed E-state index contributed by atoms with van der Waals surface area (Å²) in [5, 5.41) is 13.2. The molecule has 2 aromatic carbocycles. The Hall–Kier alpha value is -4.18. The number of hydrogen-bond donors (Lipinski definition) is 0. The molecule has 0 aromatic heterocycles. The number of nitrogens with zero attached hydrogens (tertiary/aromatic N) is 1. The summed E-state index contributed by atoms with van der Waals surface area (Å²) in [5.74, 6) is 0.978. The van der Waals surface area contributed by atoms with Crippen LogP contribution in [0.4, 0.5) is 0 Å². The maximum absolute atomic E-state index is 13.2. The second kappa shape index (κ2) is 11.5. The van der Waals surface area contributed by atoms with Crippen LogP contribution in [0.5, 0.6) is 5.75 Å². The molecule has 0 fully saturated rings. The largest absolute Gasteiger partial charge is 0.871 e. The van der Waals surface area contributed by atoms with Crippen molar-refractivity contribution in [1.82, 2.24) is 0 Å². The molecule has 0 atom stereocenters. The second-order valence-electron chi connectivity index (χ2n) is 9.76. The number of benzene rings is 2. The number of carbonyl (C=O) groups excluding carboxylic acids is 1. The second-order valence-corrected chi connectivity index (χ2v) is 9.76. The van der Waals surface area contributed by atoms with E-state index in [9.17, 15) is 9.90 Å². The van der Waals surface area contributed by atoms with Gasteiger partial charge in [0.2, 0.25) is 0 Å². The fourth-order valence-electron chi connectivity index (χ4n) is 4.89. The maximum Gasteiger partial charge on any atom is 0.199 e. The first-order chi connectivity index (χ1) is 18.6. The number of allylic oxidation sites excluding steroid dienone is 10. The predicted octanol–water partition coefficient (Wildman–Crippen LogP) is 6.18. The van der Waals surface area contributed by atoms with Crippen molar-refractivity contribution in [2.75, 3.05) is 13.1 Å². The van der Waals surface area contributed by atoms with Gasteiger partial charge in [0.05, 0.1) is 0 Å². The molecule has 2 aliphatic carbocycles. The molecule has 0 amide bonds. The predicted molar refractivity (Wildman–Crippen MR) is 152 cm³/mol. The van der Waals surface area contributed by atoms with Crippen LogP contribution in [0.2, 0.25) is 0 Å². The molecule has 0 saturated heterocycles. The van der Waals surface area contributed by atoms with Crippen LogP contribution in [0.25, 0.3) is 11.3 Å². The molecule has 0 saturated carbocycles. The van der Waals surface area contributed by atoms with Crippen LogP contribution < -0.4 is 9.84 Å². The summed E-state index contributed by atoms with van der Waals surface area (Å²) in [5.41, 5.74) is 4.89. The Bertz CT molecular complexity index is 1430. The Kier molecular flexibility index (Phi) is 7.69. The van der Waals surface area contributed by atoms with E-state index in [1.807, 2.05) is 85.0 Å². The lowest BCUT2D eigenvalue weighted by molar-refractivity contribution is -0.527. The van der Waals surface area contributed by atoms with E-state index in [2.05, 4.69) is 18.4 Å². The van der Waals surface area contributed by atoms with Crippen LogP contribution in [-0.4, -0.2) is 29.2 Å². The van der Waals surface area contributed by atoms with Crippen LogP contribution >= 0.6 is 0 Å². The molecule has 4 nitrogen and oxygen atoms in total. The van der Waals surface area contributed by atoms with E-state index in [0.29, 0.717) is 17.1 Å². The van der Waals surface area contributed by atoms with E-state index in [1.54, 1.807) is 6.08 Å². The summed E-state index contributed by atoms with van der Waals surface area (Å²) in [4.78, 5) is 13.2. The van der Waals surface area contributed by atoms with Gasteiger partial charge in [0.1, 0.15) is 24.6 Å². The minimum Gasteiger partial charge on any atom is -0.871 e. The third-order valence-corrected chi connectivity index (χ3v) is 7.09. The SMILES string of the molecule is CCCC[N+](CCCC)=C1C=CC(=C2C(=O)C(/C=C3\C=C(c4ccccc4)Oc4ccccc43)=C2[O-])C=C1. The van der Waals surface area contributed by atoms with Gasteiger partial charge in [0.25, 0.3) is 0 Å². The molecule has 38 heavy (non-hydrogen) atoms. The number of unbranched alkanes of at least 4 members (excludes halogenated alkanes) is 2. The highest BCUT2D eigenvalue weighted by Crippen LogP contribution is 2.40. The lowest BCUT2D eigenvalue weighted by Crippen LogP contribution is -2.30. The lowest BCUT2D eigenvalue weighted by atomic mass is 9.81. The van der Waals surface area contributed by atoms with Gasteiger partial charge >= 0.3 is 0 Å². The average Bonchev–Trinajstić information content (AvgIpc) is 2.97. The van der Waals surface area contributed by atoms with Crippen molar-refractivity contribution in [2.24, 2.45) is 0 Å². The smallest absolute Gasteiger partial charge is 0.199 e. The number of ether oxygens (including phenoxy) is 1. The van der Waals surface area contributed by atoms with Gasteiger partial charge in [-0.3, -0.25) is 4.79 Å². The van der Waals surface area contributed by atoms with Crippen molar-refractivity contribution in [3.8, 4) is 5.75 Å². The van der Waals surface area contributed by atoms with Crippen LogP contribution in [0, 0.1) is 0 Å². The number of carbonyl (C=O) groups is 1. The molecule has 5 rings (SSSR count). The Morgan fingerprint density at radius 3 is 2.18 bits per heavy atom. The lowest BCUT2D eigenvalue weighted by Gasteiger charge is -2.31. The first-order valence-corrected chi connectivity index (χ1v) is 13.6. The van der Waals surface area contributed by atoms with Gasteiger partial charge in [-0.15, -0.1) is 0 Å². The van der Waals surface area contributed by atoms with Crippen molar-refractivity contribution < 1.29 is 19.2 Å². The normalized spacial score (nSPS) is 17.4. The van der Waals surface area contributed by atoms with Crippen LogP contribution in [-0.2, 0) is 4.79 Å². The van der Waals surface area contributed by atoms with Crippen molar-refractivity contribution >= 4 is 22.8 Å². The van der Waals surface area contributed by atoms with Gasteiger partial charge in [-0.05, 0) is 41.5 Å². The molecule has 1 heterocycles. The Labute approximate surface area is 225 Å². The fraction of sp³-hybridized carbons (Fsp3) is 0.235.